The Morgan fingerprint density at radius 1 is 1.09 bits per heavy atom. The van der Waals surface area contributed by atoms with E-state index in [4.69, 9.17) is 9.15 Å². The van der Waals surface area contributed by atoms with Crippen molar-refractivity contribution < 1.29 is 19.4 Å². The smallest absolute Gasteiger partial charge is 0.101 e. The van der Waals surface area contributed by atoms with E-state index in [1.165, 1.54) is 6.42 Å². The van der Waals surface area contributed by atoms with Crippen LogP contribution in [0.1, 0.15) is 83.6 Å². The maximum absolute atomic E-state index is 12.3. The first-order valence-corrected chi connectivity index (χ1v) is 13.7. The molecule has 6 nitrogen and oxygen atoms in total. The normalized spacial score (nSPS) is 47.9. The minimum Gasteiger partial charge on any atom is -0.472 e. The Morgan fingerprint density at radius 2 is 1.97 bits per heavy atom. The molecule has 0 saturated heterocycles. The summed E-state index contributed by atoms with van der Waals surface area (Å²) in [5.41, 5.74) is -1.28. The zero-order chi connectivity index (χ0) is 23.6. The zero-order valence-corrected chi connectivity index (χ0v) is 20.9. The van der Waals surface area contributed by atoms with Crippen LogP contribution >= 0.6 is 0 Å². The van der Waals surface area contributed by atoms with Crippen molar-refractivity contribution in [3.63, 3.8) is 0 Å². The number of rotatable bonds is 5. The van der Waals surface area contributed by atoms with Crippen LogP contribution < -0.4 is 5.32 Å². The molecule has 4 aliphatic carbocycles. The molecule has 0 amide bonds. The van der Waals surface area contributed by atoms with Gasteiger partial charge in [-0.05, 0) is 87.0 Å². The van der Waals surface area contributed by atoms with E-state index in [9.17, 15) is 10.2 Å². The zero-order valence-electron chi connectivity index (χ0n) is 20.9. The second-order valence-electron chi connectivity index (χ2n) is 12.4. The molecule has 8 atom stereocenters. The Hall–Kier alpha value is -1.37. The van der Waals surface area contributed by atoms with Crippen LogP contribution in [0.3, 0.4) is 0 Å². The number of fused-ring (bicyclic) bond motifs is 5. The van der Waals surface area contributed by atoms with Crippen LogP contribution in [0.5, 0.6) is 0 Å². The summed E-state index contributed by atoms with van der Waals surface area (Å²) < 4.78 is 11.7. The summed E-state index contributed by atoms with van der Waals surface area (Å²) in [5.74, 6) is 2.55. The summed E-state index contributed by atoms with van der Waals surface area (Å²) >= 11 is 0. The van der Waals surface area contributed by atoms with E-state index < -0.39 is 16.6 Å². The van der Waals surface area contributed by atoms with E-state index in [-0.39, 0.29) is 11.3 Å². The van der Waals surface area contributed by atoms with Crippen molar-refractivity contribution in [3.05, 3.63) is 24.2 Å². The van der Waals surface area contributed by atoms with Crippen LogP contribution in [-0.4, -0.2) is 47.5 Å². The first kappa shape index (κ1) is 23.1. The number of amidine groups is 1. The Kier molecular flexibility index (Phi) is 5.47. The van der Waals surface area contributed by atoms with Crippen LogP contribution in [0.25, 0.3) is 0 Å². The number of aliphatic imine (C=N–C) groups is 1. The number of nitrogens with zero attached hydrogens (tertiary/aromatic N) is 1. The van der Waals surface area contributed by atoms with Gasteiger partial charge in [0.25, 0.3) is 0 Å². The lowest BCUT2D eigenvalue weighted by Gasteiger charge is -2.64. The van der Waals surface area contributed by atoms with Crippen LogP contribution in [-0.2, 0) is 10.3 Å². The number of furan rings is 1. The van der Waals surface area contributed by atoms with E-state index in [1.807, 2.05) is 6.07 Å². The maximum Gasteiger partial charge on any atom is 0.101 e. The molecule has 5 aliphatic rings. The molecule has 0 spiro atoms. The molecule has 1 aliphatic heterocycles. The van der Waals surface area contributed by atoms with Crippen molar-refractivity contribution >= 4 is 5.84 Å². The average molecular weight is 471 g/mol. The first-order valence-electron chi connectivity index (χ1n) is 13.7. The fourth-order valence-corrected chi connectivity index (χ4v) is 9.25. The predicted molar refractivity (Wildman–Crippen MR) is 130 cm³/mol. The summed E-state index contributed by atoms with van der Waals surface area (Å²) in [6.07, 6.45) is 13.5. The molecular weight excluding hydrogens is 428 g/mol. The number of hydrogen-bond acceptors (Lipinski definition) is 6. The molecule has 3 N–H and O–H groups in total. The van der Waals surface area contributed by atoms with Crippen LogP contribution in [0.2, 0.25) is 0 Å². The second-order valence-corrected chi connectivity index (χ2v) is 12.4. The Morgan fingerprint density at radius 3 is 2.74 bits per heavy atom. The van der Waals surface area contributed by atoms with Crippen molar-refractivity contribution in [2.24, 2.45) is 33.6 Å². The van der Waals surface area contributed by atoms with Crippen molar-refractivity contribution in [2.75, 3.05) is 19.7 Å². The third-order valence-electron chi connectivity index (χ3n) is 11.4. The lowest BCUT2D eigenvalue weighted by molar-refractivity contribution is -0.239. The van der Waals surface area contributed by atoms with E-state index in [0.717, 1.165) is 76.0 Å². The van der Waals surface area contributed by atoms with Gasteiger partial charge in [0.15, 0.2) is 0 Å². The fourth-order valence-electron chi connectivity index (χ4n) is 9.25. The standard InChI is InChI=1S/C28H42N2O4/c1-25-9-5-21(34-16-8-24-29-13-14-30-24)17-19(25)3-4-23-22(25)6-10-26(2)27(31,11-12-28(23,26)32)20-7-15-33-18-20/h7,15,18-19,21-23,31-32H,3-6,8-14,16-17H2,1-2H3,(H,29,30)/t19?,21?,22-,23-,25+,26-,27?,28-/m1/s1. The molecule has 1 aromatic rings. The largest absolute Gasteiger partial charge is 0.472 e. The van der Waals surface area contributed by atoms with Gasteiger partial charge in [-0.2, -0.15) is 0 Å². The first-order chi connectivity index (χ1) is 16.3. The van der Waals surface area contributed by atoms with Gasteiger partial charge < -0.3 is 24.7 Å². The summed E-state index contributed by atoms with van der Waals surface area (Å²) in [5, 5.41) is 27.6. The molecule has 4 fully saturated rings. The second kappa shape index (κ2) is 8.07. The van der Waals surface area contributed by atoms with Gasteiger partial charge in [0, 0.05) is 23.9 Å². The van der Waals surface area contributed by atoms with Gasteiger partial charge in [-0.3, -0.25) is 4.99 Å². The van der Waals surface area contributed by atoms with Gasteiger partial charge in [0.05, 0.1) is 43.2 Å². The van der Waals surface area contributed by atoms with Crippen molar-refractivity contribution in [1.82, 2.24) is 5.32 Å². The number of nitrogens with one attached hydrogen (secondary N) is 1. The third-order valence-corrected chi connectivity index (χ3v) is 11.4. The molecule has 34 heavy (non-hydrogen) atoms. The third kappa shape index (κ3) is 3.13. The summed E-state index contributed by atoms with van der Waals surface area (Å²) in [7, 11) is 0. The van der Waals surface area contributed by atoms with Gasteiger partial charge in [-0.15, -0.1) is 0 Å². The predicted octanol–water partition coefficient (Wildman–Crippen LogP) is 4.40. The fraction of sp³-hybridized carbons (Fsp3) is 0.821. The van der Waals surface area contributed by atoms with Gasteiger partial charge in [-0.25, -0.2) is 0 Å². The van der Waals surface area contributed by atoms with Crippen LogP contribution in [0.4, 0.5) is 0 Å². The summed E-state index contributed by atoms with van der Waals surface area (Å²) in [4.78, 5) is 4.48. The monoisotopic (exact) mass is 470 g/mol. The molecule has 0 radical (unpaired) electrons. The molecule has 188 valence electrons. The van der Waals surface area contributed by atoms with Crippen LogP contribution in [0, 0.1) is 28.6 Å². The molecule has 4 saturated carbocycles. The molecule has 2 heterocycles. The Bertz CT molecular complexity index is 933. The summed E-state index contributed by atoms with van der Waals surface area (Å²) in [6, 6.07) is 1.89. The lowest BCUT2D eigenvalue weighted by atomic mass is 9.43. The van der Waals surface area contributed by atoms with Crippen molar-refractivity contribution in [1.29, 1.82) is 0 Å². The highest BCUT2D eigenvalue weighted by Gasteiger charge is 2.72. The number of hydrogen-bond donors (Lipinski definition) is 3. The van der Waals surface area contributed by atoms with E-state index in [1.54, 1.807) is 12.5 Å². The molecule has 3 unspecified atom stereocenters. The van der Waals surface area contributed by atoms with Gasteiger partial charge in [0.2, 0.25) is 0 Å². The molecular formula is C28H42N2O4. The Balaban J connectivity index is 1.17. The molecule has 6 rings (SSSR count). The quantitative estimate of drug-likeness (QED) is 0.594. The highest BCUT2D eigenvalue weighted by Crippen LogP contribution is 2.71. The van der Waals surface area contributed by atoms with Gasteiger partial charge in [0.1, 0.15) is 5.60 Å². The topological polar surface area (TPSA) is 87.2 Å². The highest BCUT2D eigenvalue weighted by atomic mass is 16.5. The average Bonchev–Trinajstić information content (AvgIpc) is 3.57. The van der Waals surface area contributed by atoms with Gasteiger partial charge in [-0.1, -0.05) is 13.8 Å². The van der Waals surface area contributed by atoms with Gasteiger partial charge >= 0.3 is 0 Å². The van der Waals surface area contributed by atoms with E-state index in [2.05, 4.69) is 24.2 Å². The highest BCUT2D eigenvalue weighted by molar-refractivity contribution is 5.83. The van der Waals surface area contributed by atoms with Crippen molar-refractivity contribution in [3.8, 4) is 0 Å². The molecule has 1 aromatic heterocycles. The molecule has 6 heteroatoms. The summed E-state index contributed by atoms with van der Waals surface area (Å²) in [6.45, 7) is 7.27. The molecule has 0 bridgehead atoms. The maximum atomic E-state index is 12.3. The SMILES string of the molecule is C[C@]12CCC(OCCC3=NCCN3)CC1CC[C@@H]1[C@H]2CC[C@]2(C)C(O)(c3ccoc3)CC[C@@]12O. The minimum absolute atomic E-state index is 0.257. The number of aliphatic hydroxyl groups is 2. The number of ether oxygens (including phenoxy) is 1. The van der Waals surface area contributed by atoms with Crippen LogP contribution in [0.15, 0.2) is 28.0 Å². The minimum atomic E-state index is -1.01. The van der Waals surface area contributed by atoms with E-state index in [0.29, 0.717) is 30.8 Å². The van der Waals surface area contributed by atoms with Crippen molar-refractivity contribution in [2.45, 2.75) is 95.4 Å². The Labute approximate surface area is 203 Å². The van der Waals surface area contributed by atoms with E-state index >= 15 is 0 Å². The molecule has 0 aromatic carbocycles. The lowest BCUT2D eigenvalue weighted by Crippen LogP contribution is -2.64.